The first-order chi connectivity index (χ1) is 6.75. The zero-order chi connectivity index (χ0) is 9.97. The van der Waals surface area contributed by atoms with Crippen molar-refractivity contribution in [1.82, 2.24) is 14.7 Å². The molecule has 0 radical (unpaired) electrons. The zero-order valence-corrected chi connectivity index (χ0v) is 9.58. The van der Waals surface area contributed by atoms with E-state index >= 15 is 0 Å². The van der Waals surface area contributed by atoms with Gasteiger partial charge in [0.25, 0.3) is 0 Å². The van der Waals surface area contributed by atoms with Crippen LogP contribution in [0, 0.1) is 0 Å². The quantitative estimate of drug-likeness (QED) is 0.600. The Morgan fingerprint density at radius 3 is 2.43 bits per heavy atom. The Labute approximate surface area is 87.7 Å². The van der Waals surface area contributed by atoms with Gasteiger partial charge in [0, 0.05) is 25.7 Å². The number of likely N-dealkylation sites (tertiary alicyclic amines) is 1. The molecule has 0 aromatic carbocycles. The van der Waals surface area contributed by atoms with E-state index in [9.17, 15) is 0 Å². The normalized spacial score (nSPS) is 33.4. The summed E-state index contributed by atoms with van der Waals surface area (Å²) in [5.74, 6) is 0. The molecule has 0 saturated carbocycles. The van der Waals surface area contributed by atoms with Crippen LogP contribution in [0.25, 0.3) is 0 Å². The van der Waals surface area contributed by atoms with Crippen LogP contribution in [0.4, 0.5) is 0 Å². The fourth-order valence-electron chi connectivity index (χ4n) is 2.64. The summed E-state index contributed by atoms with van der Waals surface area (Å²) < 4.78 is 0. The van der Waals surface area contributed by atoms with Crippen LogP contribution < -0.4 is 0 Å². The van der Waals surface area contributed by atoms with E-state index in [1.54, 1.807) is 0 Å². The summed E-state index contributed by atoms with van der Waals surface area (Å²) >= 11 is 0. The number of hydrogen-bond acceptors (Lipinski definition) is 3. The van der Waals surface area contributed by atoms with Crippen LogP contribution in [-0.2, 0) is 0 Å². The van der Waals surface area contributed by atoms with Crippen LogP contribution >= 0.6 is 0 Å². The summed E-state index contributed by atoms with van der Waals surface area (Å²) in [4.78, 5) is 7.62. The Morgan fingerprint density at radius 2 is 1.71 bits per heavy atom. The molecular formula is C11H23N3. The Morgan fingerprint density at radius 1 is 0.857 bits per heavy atom. The second-order valence-corrected chi connectivity index (χ2v) is 4.90. The summed E-state index contributed by atoms with van der Waals surface area (Å²) in [5, 5.41) is 0. The molecule has 2 heterocycles. The average Bonchev–Trinajstić information content (AvgIpc) is 2.46. The predicted molar refractivity (Wildman–Crippen MR) is 59.6 cm³/mol. The third-order valence-electron chi connectivity index (χ3n) is 3.64. The van der Waals surface area contributed by atoms with Crippen LogP contribution in [0.1, 0.15) is 12.8 Å². The lowest BCUT2D eigenvalue weighted by molar-refractivity contribution is 0.204. The fourth-order valence-corrected chi connectivity index (χ4v) is 2.64. The van der Waals surface area contributed by atoms with Gasteiger partial charge < -0.3 is 9.80 Å². The molecule has 0 N–H and O–H groups in total. The molecule has 2 aliphatic heterocycles. The maximum absolute atomic E-state index is 2.70. The van der Waals surface area contributed by atoms with E-state index in [-0.39, 0.29) is 0 Å². The molecule has 1 atom stereocenters. The molecule has 0 spiro atoms. The van der Waals surface area contributed by atoms with Gasteiger partial charge >= 0.3 is 0 Å². The molecule has 1 unspecified atom stereocenters. The molecule has 3 heteroatoms. The van der Waals surface area contributed by atoms with Crippen molar-refractivity contribution in [3.05, 3.63) is 0 Å². The first-order valence-electron chi connectivity index (χ1n) is 5.87. The van der Waals surface area contributed by atoms with Crippen molar-refractivity contribution < 1.29 is 0 Å². The van der Waals surface area contributed by atoms with E-state index in [0.717, 1.165) is 6.04 Å². The van der Waals surface area contributed by atoms with E-state index < -0.39 is 0 Å². The Bertz CT molecular complexity index is 183. The molecule has 2 aliphatic rings. The molecule has 0 bridgehead atoms. The van der Waals surface area contributed by atoms with Crippen molar-refractivity contribution in [2.24, 2.45) is 0 Å². The van der Waals surface area contributed by atoms with Crippen molar-refractivity contribution in [1.29, 1.82) is 0 Å². The topological polar surface area (TPSA) is 9.72 Å². The largest absolute Gasteiger partial charge is 0.305 e. The van der Waals surface area contributed by atoms with Gasteiger partial charge in [-0.05, 0) is 46.6 Å². The Kier molecular flexibility index (Phi) is 3.42. The number of rotatable bonds is 1. The second kappa shape index (κ2) is 4.60. The summed E-state index contributed by atoms with van der Waals surface area (Å²) in [6.07, 6.45) is 2.72. The molecule has 2 rings (SSSR count). The van der Waals surface area contributed by atoms with Crippen LogP contribution in [0.2, 0.25) is 0 Å². The monoisotopic (exact) mass is 197 g/mol. The molecular weight excluding hydrogens is 174 g/mol. The van der Waals surface area contributed by atoms with Crippen molar-refractivity contribution in [3.8, 4) is 0 Å². The average molecular weight is 197 g/mol. The maximum atomic E-state index is 2.70. The van der Waals surface area contributed by atoms with Gasteiger partial charge in [-0.1, -0.05) is 0 Å². The SMILES string of the molecule is CN1CCCN(C2CCN(C)C2)CC1. The predicted octanol–water partition coefficient (Wildman–Crippen LogP) is 0.328. The van der Waals surface area contributed by atoms with Crippen molar-refractivity contribution in [2.75, 3.05) is 53.4 Å². The highest BCUT2D eigenvalue weighted by Gasteiger charge is 2.26. The highest BCUT2D eigenvalue weighted by atomic mass is 15.3. The number of hydrogen-bond donors (Lipinski definition) is 0. The minimum absolute atomic E-state index is 0.839. The molecule has 0 aromatic rings. The lowest BCUT2D eigenvalue weighted by Gasteiger charge is -2.27. The van der Waals surface area contributed by atoms with Gasteiger partial charge in [-0.25, -0.2) is 0 Å². The van der Waals surface area contributed by atoms with Crippen molar-refractivity contribution >= 4 is 0 Å². The highest BCUT2D eigenvalue weighted by molar-refractivity contribution is 4.83. The van der Waals surface area contributed by atoms with Gasteiger partial charge in [0.2, 0.25) is 0 Å². The first-order valence-corrected chi connectivity index (χ1v) is 5.87. The van der Waals surface area contributed by atoms with Crippen LogP contribution in [0.5, 0.6) is 0 Å². The number of nitrogens with zero attached hydrogens (tertiary/aromatic N) is 3. The minimum Gasteiger partial charge on any atom is -0.305 e. The highest BCUT2D eigenvalue weighted by Crippen LogP contribution is 2.15. The molecule has 14 heavy (non-hydrogen) atoms. The van der Waals surface area contributed by atoms with E-state index in [0.29, 0.717) is 0 Å². The maximum Gasteiger partial charge on any atom is 0.0235 e. The van der Waals surface area contributed by atoms with E-state index in [4.69, 9.17) is 0 Å². The molecule has 3 nitrogen and oxygen atoms in total. The minimum atomic E-state index is 0.839. The van der Waals surface area contributed by atoms with Gasteiger partial charge in [0.05, 0.1) is 0 Å². The van der Waals surface area contributed by atoms with E-state index in [1.807, 2.05) is 0 Å². The molecule has 82 valence electrons. The standard InChI is InChI=1S/C11H23N3/c1-12-5-3-6-14(9-8-12)11-4-7-13(2)10-11/h11H,3-10H2,1-2H3. The molecule has 0 aromatic heterocycles. The smallest absolute Gasteiger partial charge is 0.0235 e. The van der Waals surface area contributed by atoms with Crippen LogP contribution in [0.3, 0.4) is 0 Å². The fraction of sp³-hybridized carbons (Fsp3) is 1.00. The van der Waals surface area contributed by atoms with Crippen molar-refractivity contribution in [2.45, 2.75) is 18.9 Å². The molecule has 2 fully saturated rings. The van der Waals surface area contributed by atoms with Gasteiger partial charge in [0.1, 0.15) is 0 Å². The van der Waals surface area contributed by atoms with Gasteiger partial charge in [-0.15, -0.1) is 0 Å². The van der Waals surface area contributed by atoms with Gasteiger partial charge in [0.15, 0.2) is 0 Å². The summed E-state index contributed by atoms with van der Waals surface area (Å²) in [5.41, 5.74) is 0. The summed E-state index contributed by atoms with van der Waals surface area (Å²) in [7, 11) is 4.48. The molecule has 0 aliphatic carbocycles. The zero-order valence-electron chi connectivity index (χ0n) is 9.58. The third-order valence-corrected chi connectivity index (χ3v) is 3.64. The van der Waals surface area contributed by atoms with Gasteiger partial charge in [-0.2, -0.15) is 0 Å². The number of likely N-dealkylation sites (N-methyl/N-ethyl adjacent to an activating group) is 2. The third kappa shape index (κ3) is 2.47. The summed E-state index contributed by atoms with van der Waals surface area (Å²) in [6, 6.07) is 0.839. The molecule has 2 saturated heterocycles. The lowest BCUT2D eigenvalue weighted by atomic mass is 10.2. The van der Waals surface area contributed by atoms with E-state index in [2.05, 4.69) is 28.8 Å². The van der Waals surface area contributed by atoms with Crippen molar-refractivity contribution in [3.63, 3.8) is 0 Å². The van der Waals surface area contributed by atoms with E-state index in [1.165, 1.54) is 52.1 Å². The molecule has 0 amide bonds. The summed E-state index contributed by atoms with van der Waals surface area (Å²) in [6.45, 7) is 7.68. The van der Waals surface area contributed by atoms with Crippen LogP contribution in [-0.4, -0.2) is 74.1 Å². The van der Waals surface area contributed by atoms with Gasteiger partial charge in [-0.3, -0.25) is 4.90 Å². The van der Waals surface area contributed by atoms with Crippen LogP contribution in [0.15, 0.2) is 0 Å². The Balaban J connectivity index is 1.84. The first kappa shape index (κ1) is 10.4. The lowest BCUT2D eigenvalue weighted by Crippen LogP contribution is -2.39. The second-order valence-electron chi connectivity index (χ2n) is 4.90. The Hall–Kier alpha value is -0.120.